The highest BCUT2D eigenvalue weighted by atomic mass is 16.7. The number of hydrazine groups is 1. The molecule has 0 aliphatic carbocycles. The Morgan fingerprint density at radius 3 is 2.43 bits per heavy atom. The Balaban J connectivity index is 1.62. The van der Waals surface area contributed by atoms with Gasteiger partial charge in [-0.3, -0.25) is 9.59 Å². The minimum absolute atomic E-state index is 0.0143. The van der Waals surface area contributed by atoms with Crippen LogP contribution in [0, 0.1) is 5.21 Å². The summed E-state index contributed by atoms with van der Waals surface area (Å²) in [5, 5.41) is 24.5. The number of benzene rings is 1. The molecule has 2 heterocycles. The van der Waals surface area contributed by atoms with E-state index in [4.69, 9.17) is 9.94 Å². The Kier molecular flexibility index (Phi) is 3.56. The van der Waals surface area contributed by atoms with Crippen molar-refractivity contribution in [2.45, 2.75) is 12.5 Å². The number of imide groups is 1. The van der Waals surface area contributed by atoms with Gasteiger partial charge in [0.25, 0.3) is 11.8 Å². The number of hydrogen-bond acceptors (Lipinski definition) is 6. The van der Waals surface area contributed by atoms with Crippen LogP contribution in [-0.4, -0.2) is 57.1 Å². The summed E-state index contributed by atoms with van der Waals surface area (Å²) in [4.78, 5) is 40.4. The second kappa shape index (κ2) is 5.55. The number of carboxylic acids is 1. The smallest absolute Gasteiger partial charge is 0.332 e. The molecule has 10 nitrogen and oxygen atoms in total. The Bertz CT molecular complexity index is 683. The number of carboxylic acid groups (broad SMARTS) is 1. The molecule has 1 aromatic carbocycles. The molecule has 0 aromatic heterocycles. The van der Waals surface area contributed by atoms with Crippen molar-refractivity contribution < 1.29 is 29.3 Å². The third-order valence-electron chi connectivity index (χ3n) is 3.69. The first-order chi connectivity index (χ1) is 11.0. The zero-order chi connectivity index (χ0) is 16.6. The summed E-state index contributed by atoms with van der Waals surface area (Å²) in [7, 11) is 0. The van der Waals surface area contributed by atoms with E-state index in [0.717, 1.165) is 9.91 Å². The topological polar surface area (TPSA) is 126 Å². The van der Waals surface area contributed by atoms with E-state index in [1.165, 1.54) is 12.1 Å². The summed E-state index contributed by atoms with van der Waals surface area (Å²) in [6.07, 6.45) is 0.335. The van der Waals surface area contributed by atoms with Crippen molar-refractivity contribution in [3.63, 3.8) is 0 Å². The number of amides is 2. The number of rotatable bonds is 5. The maximum Gasteiger partial charge on any atom is 0.332 e. The van der Waals surface area contributed by atoms with Crippen LogP contribution in [0.15, 0.2) is 29.5 Å². The van der Waals surface area contributed by atoms with E-state index in [-0.39, 0.29) is 22.6 Å². The van der Waals surface area contributed by atoms with Crippen LogP contribution in [0.3, 0.4) is 0 Å². The van der Waals surface area contributed by atoms with Gasteiger partial charge in [0.05, 0.1) is 22.6 Å². The molecule has 23 heavy (non-hydrogen) atoms. The first kappa shape index (κ1) is 14.8. The summed E-state index contributed by atoms with van der Waals surface area (Å²) in [6, 6.07) is 5.36. The molecule has 0 saturated carbocycles. The van der Waals surface area contributed by atoms with Gasteiger partial charge in [0, 0.05) is 6.42 Å². The Hall–Kier alpha value is -3.17. The molecule has 1 saturated heterocycles. The molecule has 0 bridgehead atoms. The summed E-state index contributed by atoms with van der Waals surface area (Å²) < 4.78 is 0. The number of fused-ring (bicyclic) bond motifs is 1. The van der Waals surface area contributed by atoms with Crippen molar-refractivity contribution in [3.05, 3.63) is 40.6 Å². The van der Waals surface area contributed by atoms with Crippen LogP contribution >= 0.6 is 0 Å². The van der Waals surface area contributed by atoms with Gasteiger partial charge in [-0.1, -0.05) is 12.1 Å². The minimum Gasteiger partial charge on any atom is -0.569 e. The van der Waals surface area contributed by atoms with Gasteiger partial charge < -0.3 is 15.2 Å². The zero-order valence-corrected chi connectivity index (χ0v) is 11.8. The largest absolute Gasteiger partial charge is 0.569 e. The van der Waals surface area contributed by atoms with Crippen molar-refractivity contribution in [2.24, 2.45) is 5.28 Å². The summed E-state index contributed by atoms with van der Waals surface area (Å²) in [6.45, 7) is -0.295. The number of aliphatic carboxylic acids is 1. The second-order valence-electron chi connectivity index (χ2n) is 4.98. The predicted molar refractivity (Wildman–Crippen MR) is 71.7 cm³/mol. The molecular weight excluding hydrogens is 308 g/mol. The standard InChI is InChI=1S/C13H12N4O6/c18-11-8-3-1-2-4-9(8)12(19)15(11)7-23-14-17(22)16-6-5-10(16)13(20)21/h1-4,10H,5-7H2,(H,20,21)/t10-/m0/s1. The van der Waals surface area contributed by atoms with E-state index in [1.54, 1.807) is 12.1 Å². The van der Waals surface area contributed by atoms with Gasteiger partial charge >= 0.3 is 5.97 Å². The SMILES string of the molecule is O=C(O)[C@@H]1CCN1[N+]([O-])=NOCN1C(=O)c2ccccc2C1=O. The lowest BCUT2D eigenvalue weighted by Crippen LogP contribution is -2.55. The van der Waals surface area contributed by atoms with Crippen molar-refractivity contribution in [1.29, 1.82) is 0 Å². The van der Waals surface area contributed by atoms with E-state index >= 15 is 0 Å². The molecule has 2 aliphatic heterocycles. The number of nitrogens with zero attached hydrogens (tertiary/aromatic N) is 4. The van der Waals surface area contributed by atoms with Gasteiger partial charge in [-0.05, 0) is 12.1 Å². The average Bonchev–Trinajstić information content (AvgIpc) is 2.71. The van der Waals surface area contributed by atoms with Crippen molar-refractivity contribution in [2.75, 3.05) is 13.3 Å². The van der Waals surface area contributed by atoms with Gasteiger partial charge in [0.15, 0.2) is 6.04 Å². The molecule has 1 fully saturated rings. The van der Waals surface area contributed by atoms with Crippen LogP contribution < -0.4 is 0 Å². The molecule has 0 spiro atoms. The van der Waals surface area contributed by atoms with Crippen LogP contribution in [0.2, 0.25) is 0 Å². The Labute approximate surface area is 129 Å². The van der Waals surface area contributed by atoms with Crippen molar-refractivity contribution in [1.82, 2.24) is 9.91 Å². The van der Waals surface area contributed by atoms with E-state index in [0.29, 0.717) is 6.42 Å². The average molecular weight is 320 g/mol. The zero-order valence-electron chi connectivity index (χ0n) is 11.8. The second-order valence-corrected chi connectivity index (χ2v) is 4.98. The third kappa shape index (κ3) is 2.43. The van der Waals surface area contributed by atoms with E-state index in [9.17, 15) is 19.6 Å². The molecule has 120 valence electrons. The molecule has 2 amide bonds. The Morgan fingerprint density at radius 1 is 1.35 bits per heavy atom. The molecule has 10 heteroatoms. The van der Waals surface area contributed by atoms with Crippen LogP contribution in [0.4, 0.5) is 0 Å². The fourth-order valence-corrected chi connectivity index (χ4v) is 2.37. The molecule has 0 unspecified atom stereocenters. The third-order valence-corrected chi connectivity index (χ3v) is 3.69. The first-order valence-corrected chi connectivity index (χ1v) is 6.75. The molecule has 1 atom stereocenters. The van der Waals surface area contributed by atoms with Gasteiger partial charge in [-0.25, -0.2) is 9.69 Å². The maximum absolute atomic E-state index is 12.0. The maximum atomic E-state index is 12.0. The van der Waals surface area contributed by atoms with E-state index < -0.39 is 30.6 Å². The molecule has 3 rings (SSSR count). The van der Waals surface area contributed by atoms with E-state index in [2.05, 4.69) is 5.28 Å². The van der Waals surface area contributed by atoms with Gasteiger partial charge in [-0.15, -0.1) is 5.01 Å². The fourth-order valence-electron chi connectivity index (χ4n) is 2.37. The Morgan fingerprint density at radius 2 is 1.96 bits per heavy atom. The highest BCUT2D eigenvalue weighted by Gasteiger charge is 2.41. The monoisotopic (exact) mass is 320 g/mol. The number of carbonyl (C=O) groups is 3. The highest BCUT2D eigenvalue weighted by molar-refractivity contribution is 6.21. The number of hydrogen-bond donors (Lipinski definition) is 1. The predicted octanol–water partition coefficient (Wildman–Crippen LogP) is 0.208. The molecule has 0 radical (unpaired) electrons. The molecule has 1 aromatic rings. The van der Waals surface area contributed by atoms with Gasteiger partial charge in [-0.2, -0.15) is 0 Å². The van der Waals surface area contributed by atoms with Crippen molar-refractivity contribution in [3.8, 4) is 0 Å². The van der Waals surface area contributed by atoms with Crippen LogP contribution in [0.25, 0.3) is 0 Å². The lowest BCUT2D eigenvalue weighted by atomic mass is 10.1. The molecule has 1 N–H and O–H groups in total. The summed E-state index contributed by atoms with van der Waals surface area (Å²) in [5.41, 5.74) is 0.516. The van der Waals surface area contributed by atoms with Crippen molar-refractivity contribution >= 4 is 17.8 Å². The van der Waals surface area contributed by atoms with Gasteiger partial charge in [0.1, 0.15) is 0 Å². The van der Waals surface area contributed by atoms with E-state index in [1.807, 2.05) is 0 Å². The van der Waals surface area contributed by atoms with Crippen LogP contribution in [-0.2, 0) is 9.63 Å². The van der Waals surface area contributed by atoms with Crippen LogP contribution in [0.5, 0.6) is 0 Å². The molecular formula is C13H12N4O6. The minimum atomic E-state index is -1.13. The lowest BCUT2D eigenvalue weighted by Gasteiger charge is -2.32. The first-order valence-electron chi connectivity index (χ1n) is 6.75. The summed E-state index contributed by atoms with van der Waals surface area (Å²) in [5.74, 6) is -2.20. The van der Waals surface area contributed by atoms with Crippen LogP contribution in [0.1, 0.15) is 27.1 Å². The fraction of sp³-hybridized carbons (Fsp3) is 0.308. The molecule has 2 aliphatic rings. The normalized spacial score (nSPS) is 20.3. The quantitative estimate of drug-likeness (QED) is 0.355. The van der Waals surface area contributed by atoms with Gasteiger partial charge in [0.2, 0.25) is 12.0 Å². The lowest BCUT2D eigenvalue weighted by molar-refractivity contribution is -0.729. The highest BCUT2D eigenvalue weighted by Crippen LogP contribution is 2.22. The summed E-state index contributed by atoms with van der Waals surface area (Å²) >= 11 is 0. The number of carbonyl (C=O) groups excluding carboxylic acids is 2.